The molecule has 0 N–H and O–H groups in total. The Kier molecular flexibility index (Phi) is 3.03. The number of rotatable bonds is 2. The van der Waals surface area contributed by atoms with Gasteiger partial charge in [-0.1, -0.05) is 0 Å². The minimum absolute atomic E-state index is 0.0129. The van der Waals surface area contributed by atoms with Crippen molar-refractivity contribution < 1.29 is 13.2 Å². The van der Waals surface area contributed by atoms with E-state index >= 15 is 0 Å². The predicted octanol–water partition coefficient (Wildman–Crippen LogP) is 2.06. The van der Waals surface area contributed by atoms with Crippen molar-refractivity contribution in [2.45, 2.75) is 12.7 Å². The van der Waals surface area contributed by atoms with Crippen molar-refractivity contribution in [2.75, 3.05) is 13.1 Å². The van der Waals surface area contributed by atoms with Crippen LogP contribution < -0.4 is 0 Å². The Morgan fingerprint density at radius 2 is 2.18 bits per heavy atom. The minimum Gasteiger partial charge on any atom is -0.296 e. The molecule has 3 nitrogen and oxygen atoms in total. The third-order valence-corrected chi connectivity index (χ3v) is 2.66. The van der Waals surface area contributed by atoms with E-state index in [0.717, 1.165) is 6.07 Å². The van der Waals surface area contributed by atoms with Crippen LogP contribution in [0.3, 0.4) is 0 Å². The fourth-order valence-electron chi connectivity index (χ4n) is 1.77. The average molecular weight is 241 g/mol. The maximum Gasteiger partial charge on any atom is 0.433 e. The number of halogens is 3. The molecule has 17 heavy (non-hydrogen) atoms. The van der Waals surface area contributed by atoms with Crippen molar-refractivity contribution in [3.63, 3.8) is 0 Å². The van der Waals surface area contributed by atoms with Gasteiger partial charge in [-0.05, 0) is 17.7 Å². The van der Waals surface area contributed by atoms with E-state index in [0.29, 0.717) is 25.2 Å². The molecule has 0 unspecified atom stereocenters. The monoisotopic (exact) mass is 241 g/mol. The molecular formula is C11H10F3N3. The second-order valence-corrected chi connectivity index (χ2v) is 4.07. The molecule has 1 aromatic rings. The van der Waals surface area contributed by atoms with Crippen molar-refractivity contribution >= 4 is 0 Å². The molecule has 0 atom stereocenters. The molecule has 2 heterocycles. The number of hydrogen-bond acceptors (Lipinski definition) is 3. The lowest BCUT2D eigenvalue weighted by Gasteiger charge is -2.35. The molecule has 1 saturated heterocycles. The van der Waals surface area contributed by atoms with Crippen LogP contribution in [0, 0.1) is 17.2 Å². The third-order valence-electron chi connectivity index (χ3n) is 2.66. The van der Waals surface area contributed by atoms with Gasteiger partial charge in [0.2, 0.25) is 0 Å². The molecular weight excluding hydrogens is 231 g/mol. The SMILES string of the molecule is N#CC1CN(Cc2ccnc(C(F)(F)F)c2)C1. The highest BCUT2D eigenvalue weighted by Gasteiger charge is 2.33. The smallest absolute Gasteiger partial charge is 0.296 e. The molecule has 6 heteroatoms. The topological polar surface area (TPSA) is 39.9 Å². The van der Waals surface area contributed by atoms with Crippen molar-refractivity contribution in [1.29, 1.82) is 5.26 Å². The van der Waals surface area contributed by atoms with Crippen molar-refractivity contribution in [3.8, 4) is 6.07 Å². The van der Waals surface area contributed by atoms with Crippen LogP contribution in [0.2, 0.25) is 0 Å². The molecule has 1 aliphatic rings. The molecule has 0 spiro atoms. The van der Waals surface area contributed by atoms with E-state index in [2.05, 4.69) is 11.1 Å². The van der Waals surface area contributed by atoms with Crippen molar-refractivity contribution in [1.82, 2.24) is 9.88 Å². The quantitative estimate of drug-likeness (QED) is 0.795. The number of likely N-dealkylation sites (tertiary alicyclic amines) is 1. The lowest BCUT2D eigenvalue weighted by molar-refractivity contribution is -0.141. The number of hydrogen-bond donors (Lipinski definition) is 0. The summed E-state index contributed by atoms with van der Waals surface area (Å²) in [6.07, 6.45) is -3.24. The molecule has 0 radical (unpaired) electrons. The van der Waals surface area contributed by atoms with Crippen LogP contribution in [0.5, 0.6) is 0 Å². The summed E-state index contributed by atoms with van der Waals surface area (Å²) in [7, 11) is 0. The van der Waals surface area contributed by atoms with Gasteiger partial charge in [-0.2, -0.15) is 18.4 Å². The Morgan fingerprint density at radius 1 is 1.47 bits per heavy atom. The Labute approximate surface area is 96.5 Å². The number of nitrogens with zero attached hydrogens (tertiary/aromatic N) is 3. The Hall–Kier alpha value is -1.61. The van der Waals surface area contributed by atoms with E-state index in [1.807, 2.05) is 4.90 Å². The Balaban J connectivity index is 2.01. The minimum atomic E-state index is -4.40. The summed E-state index contributed by atoms with van der Waals surface area (Å²) in [5, 5.41) is 8.59. The number of aromatic nitrogens is 1. The van der Waals surface area contributed by atoms with Crippen LogP contribution in [0.25, 0.3) is 0 Å². The summed E-state index contributed by atoms with van der Waals surface area (Å²) in [6.45, 7) is 1.68. The summed E-state index contributed by atoms with van der Waals surface area (Å²) < 4.78 is 37.2. The first-order valence-electron chi connectivity index (χ1n) is 5.13. The van der Waals surface area contributed by atoms with E-state index in [4.69, 9.17) is 5.26 Å². The second kappa shape index (κ2) is 4.34. The van der Waals surface area contributed by atoms with Gasteiger partial charge in [-0.15, -0.1) is 0 Å². The van der Waals surface area contributed by atoms with E-state index in [1.54, 1.807) is 6.07 Å². The van der Waals surface area contributed by atoms with Crippen LogP contribution in [-0.2, 0) is 12.7 Å². The molecule has 1 aromatic heterocycles. The fraction of sp³-hybridized carbons (Fsp3) is 0.455. The Morgan fingerprint density at radius 3 is 2.76 bits per heavy atom. The molecule has 0 saturated carbocycles. The first-order chi connectivity index (χ1) is 7.99. The highest BCUT2D eigenvalue weighted by Crippen LogP contribution is 2.28. The highest BCUT2D eigenvalue weighted by molar-refractivity contribution is 5.19. The zero-order valence-electron chi connectivity index (χ0n) is 8.91. The van der Waals surface area contributed by atoms with Crippen LogP contribution in [-0.4, -0.2) is 23.0 Å². The molecule has 1 fully saturated rings. The van der Waals surface area contributed by atoms with Gasteiger partial charge in [0.15, 0.2) is 0 Å². The highest BCUT2D eigenvalue weighted by atomic mass is 19.4. The van der Waals surface area contributed by atoms with Gasteiger partial charge < -0.3 is 0 Å². The summed E-state index contributed by atoms with van der Waals surface area (Å²) in [6, 6.07) is 4.74. The number of alkyl halides is 3. The molecule has 1 aliphatic heterocycles. The maximum atomic E-state index is 12.4. The molecule has 0 aliphatic carbocycles. The van der Waals surface area contributed by atoms with Crippen molar-refractivity contribution in [3.05, 3.63) is 29.6 Å². The molecule has 2 rings (SSSR count). The van der Waals surface area contributed by atoms with Gasteiger partial charge in [-0.25, -0.2) is 0 Å². The lowest BCUT2D eigenvalue weighted by Crippen LogP contribution is -2.45. The van der Waals surface area contributed by atoms with Gasteiger partial charge in [0.05, 0.1) is 12.0 Å². The first kappa shape index (κ1) is 11.9. The van der Waals surface area contributed by atoms with Gasteiger partial charge in [0.25, 0.3) is 0 Å². The van der Waals surface area contributed by atoms with Crippen LogP contribution in [0.1, 0.15) is 11.3 Å². The second-order valence-electron chi connectivity index (χ2n) is 4.07. The average Bonchev–Trinajstić information content (AvgIpc) is 2.22. The van der Waals surface area contributed by atoms with Crippen LogP contribution in [0.4, 0.5) is 13.2 Å². The number of nitriles is 1. The zero-order chi connectivity index (χ0) is 12.5. The van der Waals surface area contributed by atoms with E-state index in [1.165, 1.54) is 6.20 Å². The van der Waals surface area contributed by atoms with Gasteiger partial charge in [-0.3, -0.25) is 9.88 Å². The predicted molar refractivity (Wildman–Crippen MR) is 53.6 cm³/mol. The van der Waals surface area contributed by atoms with Crippen LogP contribution in [0.15, 0.2) is 18.3 Å². The summed E-state index contributed by atoms with van der Waals surface area (Å²) >= 11 is 0. The first-order valence-corrected chi connectivity index (χ1v) is 5.13. The Bertz CT molecular complexity index is 444. The largest absolute Gasteiger partial charge is 0.433 e. The normalized spacial score (nSPS) is 17.5. The standard InChI is InChI=1S/C11H10F3N3/c12-11(13,14)10-3-8(1-2-16-10)5-17-6-9(4-15)7-17/h1-3,9H,5-7H2. The van der Waals surface area contributed by atoms with E-state index in [-0.39, 0.29) is 5.92 Å². The van der Waals surface area contributed by atoms with Gasteiger partial charge in [0, 0.05) is 25.8 Å². The van der Waals surface area contributed by atoms with Crippen molar-refractivity contribution in [2.24, 2.45) is 5.92 Å². The van der Waals surface area contributed by atoms with E-state index < -0.39 is 11.9 Å². The lowest BCUT2D eigenvalue weighted by atomic mass is 10.0. The van der Waals surface area contributed by atoms with Gasteiger partial charge in [0.1, 0.15) is 5.69 Å². The third kappa shape index (κ3) is 2.74. The van der Waals surface area contributed by atoms with E-state index in [9.17, 15) is 13.2 Å². The number of pyridine rings is 1. The molecule has 0 aromatic carbocycles. The summed E-state index contributed by atoms with van der Waals surface area (Å²) in [4.78, 5) is 5.23. The maximum absolute atomic E-state index is 12.4. The zero-order valence-corrected chi connectivity index (χ0v) is 8.91. The van der Waals surface area contributed by atoms with Gasteiger partial charge >= 0.3 is 6.18 Å². The molecule has 90 valence electrons. The summed E-state index contributed by atoms with van der Waals surface area (Å²) in [5.74, 6) is 0.0129. The molecule has 0 bridgehead atoms. The molecule has 0 amide bonds. The van der Waals surface area contributed by atoms with Crippen LogP contribution >= 0.6 is 0 Å². The summed E-state index contributed by atoms with van der Waals surface area (Å²) in [5.41, 5.74) is -0.295. The fourth-order valence-corrected chi connectivity index (χ4v) is 1.77.